The van der Waals surface area contributed by atoms with E-state index >= 15 is 0 Å². The molecule has 0 bridgehead atoms. The highest BCUT2D eigenvalue weighted by atomic mass is 35.5. The van der Waals surface area contributed by atoms with Gasteiger partial charge in [0.05, 0.1) is 12.6 Å². The molecule has 1 saturated carbocycles. The van der Waals surface area contributed by atoms with Gasteiger partial charge in [-0.25, -0.2) is 4.79 Å². The number of aliphatic hydroxyl groups excluding tert-OH is 1. The Morgan fingerprint density at radius 3 is 2.36 bits per heavy atom. The molecule has 1 N–H and O–H groups in total. The number of benzene rings is 2. The molecule has 0 heterocycles. The van der Waals surface area contributed by atoms with Crippen molar-refractivity contribution in [3.05, 3.63) is 81.9 Å². The first-order valence-electron chi connectivity index (χ1n) is 11.1. The number of nitrogens with zero attached hydrogens (tertiary/aromatic N) is 1. The van der Waals surface area contributed by atoms with E-state index in [0.717, 1.165) is 24.5 Å². The highest BCUT2D eigenvalue weighted by Crippen LogP contribution is 2.39. The fourth-order valence-corrected chi connectivity index (χ4v) is 3.84. The number of amides is 1. The Morgan fingerprint density at radius 2 is 1.76 bits per heavy atom. The molecule has 3 rings (SSSR count). The number of hydrogen-bond donors (Lipinski definition) is 1. The van der Waals surface area contributed by atoms with Crippen molar-refractivity contribution in [1.82, 2.24) is 4.90 Å². The van der Waals surface area contributed by atoms with E-state index < -0.39 is 18.1 Å². The minimum atomic E-state index is -1.03. The van der Waals surface area contributed by atoms with Crippen LogP contribution in [0.4, 0.5) is 0 Å². The molecule has 2 aromatic rings. The van der Waals surface area contributed by atoms with Gasteiger partial charge in [-0.05, 0) is 60.1 Å². The van der Waals surface area contributed by atoms with E-state index in [1.54, 1.807) is 53.4 Å². The zero-order chi connectivity index (χ0) is 24.0. The molecule has 5 nitrogen and oxygen atoms in total. The van der Waals surface area contributed by atoms with Crippen LogP contribution < -0.4 is 0 Å². The molecular formula is C26H29Cl2NO4. The van der Waals surface area contributed by atoms with E-state index in [2.05, 4.69) is 0 Å². The molecule has 2 atom stereocenters. The lowest BCUT2D eigenvalue weighted by Crippen LogP contribution is -2.38. The fourth-order valence-electron chi connectivity index (χ4n) is 3.52. The Labute approximate surface area is 204 Å². The van der Waals surface area contributed by atoms with Gasteiger partial charge < -0.3 is 14.7 Å². The van der Waals surface area contributed by atoms with Crippen LogP contribution in [0.1, 0.15) is 50.0 Å². The number of aliphatic hydroxyl groups is 1. The van der Waals surface area contributed by atoms with E-state index in [-0.39, 0.29) is 18.4 Å². The van der Waals surface area contributed by atoms with E-state index in [4.69, 9.17) is 27.9 Å². The molecule has 0 radical (unpaired) electrons. The van der Waals surface area contributed by atoms with Gasteiger partial charge in [-0.15, -0.1) is 0 Å². The largest absolute Gasteiger partial charge is 0.462 e. The predicted molar refractivity (Wildman–Crippen MR) is 130 cm³/mol. The van der Waals surface area contributed by atoms with Crippen molar-refractivity contribution >= 4 is 35.1 Å². The second kappa shape index (κ2) is 11.7. The van der Waals surface area contributed by atoms with Crippen molar-refractivity contribution in [2.24, 2.45) is 11.8 Å². The Morgan fingerprint density at radius 1 is 1.06 bits per heavy atom. The second-order valence-electron chi connectivity index (χ2n) is 8.79. The van der Waals surface area contributed by atoms with Gasteiger partial charge >= 0.3 is 5.97 Å². The standard InChI is InChI=1S/C26H29Cl2NO4/c1-17(2)16-33-24(31)13-12-23(30)29(15-18-6-7-18)25(19-8-10-21(27)11-9-19)26(32)20-4-3-5-22(28)14-20/h3-5,8-14,17-18,25-26,32H,6-7,15-16H2,1-2H3/b13-12+/t25-,26-/m1/s1. The minimum absolute atomic E-state index is 0.201. The average molecular weight is 490 g/mol. The Hall–Kier alpha value is -2.34. The van der Waals surface area contributed by atoms with Gasteiger partial charge in [0.15, 0.2) is 0 Å². The van der Waals surface area contributed by atoms with Gasteiger partial charge in [0.1, 0.15) is 6.10 Å². The second-order valence-corrected chi connectivity index (χ2v) is 9.66. The van der Waals surface area contributed by atoms with Crippen molar-refractivity contribution in [2.45, 2.75) is 38.8 Å². The van der Waals surface area contributed by atoms with E-state index in [9.17, 15) is 14.7 Å². The van der Waals surface area contributed by atoms with Crippen LogP contribution in [0.15, 0.2) is 60.7 Å². The van der Waals surface area contributed by atoms with Gasteiger partial charge in [0, 0.05) is 28.7 Å². The van der Waals surface area contributed by atoms with Crippen LogP contribution in [0.5, 0.6) is 0 Å². The van der Waals surface area contributed by atoms with Crippen LogP contribution in [-0.2, 0) is 14.3 Å². The number of carbonyl (C=O) groups excluding carboxylic acids is 2. The molecular weight excluding hydrogens is 461 g/mol. The smallest absolute Gasteiger partial charge is 0.330 e. The number of rotatable bonds is 10. The Bertz CT molecular complexity index is 986. The summed E-state index contributed by atoms with van der Waals surface area (Å²) in [5.41, 5.74) is 1.33. The lowest BCUT2D eigenvalue weighted by molar-refractivity contribution is -0.139. The summed E-state index contributed by atoms with van der Waals surface area (Å²) in [5.74, 6) is -0.380. The van der Waals surface area contributed by atoms with Crippen LogP contribution in [0.25, 0.3) is 0 Å². The zero-order valence-electron chi connectivity index (χ0n) is 18.8. The first-order chi connectivity index (χ1) is 15.7. The first kappa shape index (κ1) is 25.3. The summed E-state index contributed by atoms with van der Waals surface area (Å²) in [6.07, 6.45) is 3.37. The lowest BCUT2D eigenvalue weighted by atomic mass is 9.93. The summed E-state index contributed by atoms with van der Waals surface area (Å²) in [7, 11) is 0. The van der Waals surface area contributed by atoms with Crippen molar-refractivity contribution in [2.75, 3.05) is 13.2 Å². The molecule has 0 aliphatic heterocycles. The van der Waals surface area contributed by atoms with Gasteiger partial charge in [-0.1, -0.05) is 61.3 Å². The third kappa shape index (κ3) is 7.60. The van der Waals surface area contributed by atoms with Crippen molar-refractivity contribution < 1.29 is 19.4 Å². The highest BCUT2D eigenvalue weighted by Gasteiger charge is 2.35. The Balaban J connectivity index is 1.93. The molecule has 176 valence electrons. The SMILES string of the molecule is CC(C)COC(=O)/C=C/C(=O)N(CC1CC1)[C@H](c1ccc(Cl)cc1)[C@H](O)c1cccc(Cl)c1. The number of halogens is 2. The molecule has 1 fully saturated rings. The molecule has 0 unspecified atom stereocenters. The molecule has 1 aliphatic carbocycles. The predicted octanol–water partition coefficient (Wildman–Crippen LogP) is 5.76. The van der Waals surface area contributed by atoms with E-state index in [1.165, 1.54) is 6.08 Å². The maximum absolute atomic E-state index is 13.3. The molecule has 2 aromatic carbocycles. The van der Waals surface area contributed by atoms with Gasteiger partial charge in [0.2, 0.25) is 5.91 Å². The number of esters is 1. The normalized spacial score (nSPS) is 15.5. The summed E-state index contributed by atoms with van der Waals surface area (Å²) < 4.78 is 5.14. The minimum Gasteiger partial charge on any atom is -0.462 e. The third-order valence-electron chi connectivity index (χ3n) is 5.39. The Kier molecular flexibility index (Phi) is 8.95. The first-order valence-corrected chi connectivity index (χ1v) is 11.8. The van der Waals surface area contributed by atoms with Crippen LogP contribution >= 0.6 is 23.2 Å². The zero-order valence-corrected chi connectivity index (χ0v) is 20.3. The van der Waals surface area contributed by atoms with Gasteiger partial charge in [-0.3, -0.25) is 4.79 Å². The third-order valence-corrected chi connectivity index (χ3v) is 5.88. The topological polar surface area (TPSA) is 66.8 Å². The molecule has 0 spiro atoms. The summed E-state index contributed by atoms with van der Waals surface area (Å²) >= 11 is 12.2. The summed E-state index contributed by atoms with van der Waals surface area (Å²) in [6, 6.07) is 13.3. The van der Waals surface area contributed by atoms with E-state index in [1.807, 2.05) is 13.8 Å². The van der Waals surface area contributed by atoms with Crippen LogP contribution in [0.3, 0.4) is 0 Å². The van der Waals surface area contributed by atoms with Gasteiger partial charge in [-0.2, -0.15) is 0 Å². The summed E-state index contributed by atoms with van der Waals surface area (Å²) in [6.45, 7) is 4.63. The quantitative estimate of drug-likeness (QED) is 0.340. The maximum atomic E-state index is 13.3. The molecule has 1 aliphatic rings. The molecule has 0 aromatic heterocycles. The van der Waals surface area contributed by atoms with Crippen LogP contribution in [0.2, 0.25) is 10.0 Å². The van der Waals surface area contributed by atoms with Crippen LogP contribution in [-0.4, -0.2) is 35.0 Å². The monoisotopic (exact) mass is 489 g/mol. The number of hydrogen-bond acceptors (Lipinski definition) is 4. The number of ether oxygens (including phenoxy) is 1. The maximum Gasteiger partial charge on any atom is 0.330 e. The van der Waals surface area contributed by atoms with Gasteiger partial charge in [0.25, 0.3) is 0 Å². The van der Waals surface area contributed by atoms with E-state index in [0.29, 0.717) is 28.1 Å². The van der Waals surface area contributed by atoms with Crippen molar-refractivity contribution in [3.8, 4) is 0 Å². The summed E-state index contributed by atoms with van der Waals surface area (Å²) in [4.78, 5) is 26.9. The molecule has 7 heteroatoms. The molecule has 0 saturated heterocycles. The van der Waals surface area contributed by atoms with Crippen molar-refractivity contribution in [3.63, 3.8) is 0 Å². The molecule has 33 heavy (non-hydrogen) atoms. The average Bonchev–Trinajstić information content (AvgIpc) is 3.61. The molecule has 1 amide bonds. The van der Waals surface area contributed by atoms with Crippen LogP contribution in [0, 0.1) is 11.8 Å². The lowest BCUT2D eigenvalue weighted by Gasteiger charge is -2.35. The highest BCUT2D eigenvalue weighted by molar-refractivity contribution is 6.30. The van der Waals surface area contributed by atoms with Crippen molar-refractivity contribution in [1.29, 1.82) is 0 Å². The number of carbonyl (C=O) groups is 2. The summed E-state index contributed by atoms with van der Waals surface area (Å²) in [5, 5.41) is 12.5. The fraction of sp³-hybridized carbons (Fsp3) is 0.385.